The Morgan fingerprint density at radius 2 is 2.00 bits per heavy atom. The second kappa shape index (κ2) is 9.50. The fourth-order valence-corrected chi connectivity index (χ4v) is 2.55. The number of hydrogen-bond donors (Lipinski definition) is 5. The molecule has 8 heteroatoms. The minimum absolute atomic E-state index is 0.0723. The van der Waals surface area contributed by atoms with Gasteiger partial charge in [-0.3, -0.25) is 5.32 Å². The standard InChI is InChI=1S/C17H24N2O6/c1-2-8-18-16-13(15(22)14(21)12(9-20)25-16)19-17(23)24-10-11-6-4-3-5-7-11/h2-7,12-16,18,20-22H,1,8-10H2,(H,19,23)/t12-,13-,14+,15-,16-/m1/s1. The minimum atomic E-state index is -1.34. The predicted octanol–water partition coefficient (Wildman–Crippen LogP) is -0.504. The summed E-state index contributed by atoms with van der Waals surface area (Å²) in [5, 5.41) is 34.9. The van der Waals surface area contributed by atoms with E-state index in [1.165, 1.54) is 0 Å². The lowest BCUT2D eigenvalue weighted by molar-refractivity contribution is -0.200. The molecule has 0 bridgehead atoms. The molecule has 0 unspecified atom stereocenters. The molecule has 0 aromatic heterocycles. The Labute approximate surface area is 146 Å². The summed E-state index contributed by atoms with van der Waals surface area (Å²) in [6.07, 6.45) is -3.63. The van der Waals surface area contributed by atoms with Crippen LogP contribution >= 0.6 is 0 Å². The van der Waals surface area contributed by atoms with Crippen LogP contribution in [-0.2, 0) is 16.1 Å². The molecule has 2 rings (SSSR count). The molecule has 0 saturated carbocycles. The Morgan fingerprint density at radius 3 is 2.64 bits per heavy atom. The molecule has 1 aliphatic rings. The average molecular weight is 352 g/mol. The van der Waals surface area contributed by atoms with E-state index in [0.717, 1.165) is 5.56 Å². The molecular weight excluding hydrogens is 328 g/mol. The van der Waals surface area contributed by atoms with Gasteiger partial charge >= 0.3 is 6.09 Å². The Bertz CT molecular complexity index is 555. The van der Waals surface area contributed by atoms with Crippen molar-refractivity contribution in [2.75, 3.05) is 13.2 Å². The molecule has 1 saturated heterocycles. The quantitative estimate of drug-likeness (QED) is 0.419. The van der Waals surface area contributed by atoms with Crippen LogP contribution in [0.1, 0.15) is 5.56 Å². The van der Waals surface area contributed by atoms with Gasteiger partial charge in [0.1, 0.15) is 37.2 Å². The van der Waals surface area contributed by atoms with Crippen molar-refractivity contribution in [3.8, 4) is 0 Å². The molecule has 138 valence electrons. The number of carbonyl (C=O) groups excluding carboxylic acids is 1. The zero-order chi connectivity index (χ0) is 18.2. The molecule has 5 atom stereocenters. The van der Waals surface area contributed by atoms with E-state index in [2.05, 4.69) is 17.2 Å². The van der Waals surface area contributed by atoms with Crippen LogP contribution in [0.4, 0.5) is 4.79 Å². The highest BCUT2D eigenvalue weighted by Crippen LogP contribution is 2.20. The smallest absolute Gasteiger partial charge is 0.407 e. The molecule has 1 aromatic carbocycles. The van der Waals surface area contributed by atoms with E-state index in [1.807, 2.05) is 30.3 Å². The number of hydrogen-bond acceptors (Lipinski definition) is 7. The summed E-state index contributed by atoms with van der Waals surface area (Å²) >= 11 is 0. The SMILES string of the molecule is C=CCN[C@@H]1O[C@H](CO)[C@H](O)[C@H](O)[C@H]1NC(=O)OCc1ccccc1. The maximum absolute atomic E-state index is 12.0. The molecule has 1 aromatic rings. The van der Waals surface area contributed by atoms with E-state index in [0.29, 0.717) is 6.54 Å². The van der Waals surface area contributed by atoms with Gasteiger partial charge in [0.05, 0.1) is 6.61 Å². The highest BCUT2D eigenvalue weighted by molar-refractivity contribution is 5.67. The maximum atomic E-state index is 12.0. The van der Waals surface area contributed by atoms with Gasteiger partial charge in [-0.1, -0.05) is 36.4 Å². The fourth-order valence-electron chi connectivity index (χ4n) is 2.55. The third-order valence-electron chi connectivity index (χ3n) is 3.89. The molecule has 5 N–H and O–H groups in total. The maximum Gasteiger partial charge on any atom is 0.407 e. The van der Waals surface area contributed by atoms with E-state index in [9.17, 15) is 20.1 Å². The van der Waals surface area contributed by atoms with Crippen molar-refractivity contribution >= 4 is 6.09 Å². The summed E-state index contributed by atoms with van der Waals surface area (Å²) in [7, 11) is 0. The molecular formula is C17H24N2O6. The van der Waals surface area contributed by atoms with E-state index in [4.69, 9.17) is 9.47 Å². The number of alkyl carbamates (subject to hydrolysis) is 1. The minimum Gasteiger partial charge on any atom is -0.445 e. The number of benzene rings is 1. The second-order valence-corrected chi connectivity index (χ2v) is 5.69. The van der Waals surface area contributed by atoms with Gasteiger partial charge in [0.15, 0.2) is 0 Å². The number of nitrogens with one attached hydrogen (secondary N) is 2. The van der Waals surface area contributed by atoms with Crippen LogP contribution < -0.4 is 10.6 Å². The fraction of sp³-hybridized carbons (Fsp3) is 0.471. The average Bonchev–Trinajstić information content (AvgIpc) is 2.64. The number of amides is 1. The van der Waals surface area contributed by atoms with Crippen LogP contribution in [0.2, 0.25) is 0 Å². The van der Waals surface area contributed by atoms with Crippen molar-refractivity contribution < 1.29 is 29.6 Å². The summed E-state index contributed by atoms with van der Waals surface area (Å²) in [5.41, 5.74) is 0.819. The third-order valence-corrected chi connectivity index (χ3v) is 3.89. The van der Waals surface area contributed by atoms with Crippen LogP contribution in [0.15, 0.2) is 43.0 Å². The first kappa shape index (κ1) is 19.4. The van der Waals surface area contributed by atoms with Gasteiger partial charge in [-0.15, -0.1) is 6.58 Å². The number of rotatable bonds is 7. The van der Waals surface area contributed by atoms with Crippen LogP contribution in [-0.4, -0.2) is 65.1 Å². The van der Waals surface area contributed by atoms with Gasteiger partial charge in [0.25, 0.3) is 0 Å². The van der Waals surface area contributed by atoms with Crippen molar-refractivity contribution in [1.29, 1.82) is 0 Å². The number of aliphatic hydroxyl groups is 3. The molecule has 0 radical (unpaired) electrons. The summed E-state index contributed by atoms with van der Waals surface area (Å²) in [6, 6.07) is 8.19. The number of carbonyl (C=O) groups is 1. The first-order valence-corrected chi connectivity index (χ1v) is 8.00. The lowest BCUT2D eigenvalue weighted by atomic mass is 9.96. The van der Waals surface area contributed by atoms with E-state index < -0.39 is 43.3 Å². The van der Waals surface area contributed by atoms with Crippen molar-refractivity contribution in [2.24, 2.45) is 0 Å². The van der Waals surface area contributed by atoms with Crippen LogP contribution in [0.5, 0.6) is 0 Å². The molecule has 8 nitrogen and oxygen atoms in total. The molecule has 1 amide bonds. The zero-order valence-corrected chi connectivity index (χ0v) is 13.7. The van der Waals surface area contributed by atoms with Gasteiger partial charge in [-0.25, -0.2) is 4.79 Å². The normalized spacial score (nSPS) is 29.0. The van der Waals surface area contributed by atoms with E-state index in [1.54, 1.807) is 6.08 Å². The van der Waals surface area contributed by atoms with Gasteiger partial charge in [0, 0.05) is 6.54 Å². The Morgan fingerprint density at radius 1 is 1.28 bits per heavy atom. The number of ether oxygens (including phenoxy) is 2. The predicted molar refractivity (Wildman–Crippen MR) is 89.5 cm³/mol. The summed E-state index contributed by atoms with van der Waals surface area (Å²) < 4.78 is 10.6. The van der Waals surface area contributed by atoms with Crippen molar-refractivity contribution in [3.05, 3.63) is 48.6 Å². The second-order valence-electron chi connectivity index (χ2n) is 5.69. The Kier molecular flexibility index (Phi) is 7.35. The summed E-state index contributed by atoms with van der Waals surface area (Å²) in [5.74, 6) is 0. The Balaban J connectivity index is 1.97. The number of aliphatic hydroxyl groups excluding tert-OH is 3. The Hall–Kier alpha value is -1.97. The molecule has 0 spiro atoms. The summed E-state index contributed by atoms with van der Waals surface area (Å²) in [4.78, 5) is 12.0. The highest BCUT2D eigenvalue weighted by Gasteiger charge is 2.44. The van der Waals surface area contributed by atoms with Crippen molar-refractivity contribution in [1.82, 2.24) is 10.6 Å². The van der Waals surface area contributed by atoms with Gasteiger partial charge in [-0.2, -0.15) is 0 Å². The lowest BCUT2D eigenvalue weighted by Crippen LogP contribution is -2.67. The zero-order valence-electron chi connectivity index (χ0n) is 13.7. The first-order chi connectivity index (χ1) is 12.1. The largest absolute Gasteiger partial charge is 0.445 e. The third kappa shape index (κ3) is 5.25. The molecule has 25 heavy (non-hydrogen) atoms. The van der Waals surface area contributed by atoms with Gasteiger partial charge in [0.2, 0.25) is 0 Å². The highest BCUT2D eigenvalue weighted by atomic mass is 16.6. The van der Waals surface area contributed by atoms with Gasteiger partial charge in [-0.05, 0) is 5.56 Å². The monoisotopic (exact) mass is 352 g/mol. The van der Waals surface area contributed by atoms with Crippen LogP contribution in [0.25, 0.3) is 0 Å². The van der Waals surface area contributed by atoms with Crippen molar-refractivity contribution in [2.45, 2.75) is 37.2 Å². The van der Waals surface area contributed by atoms with E-state index in [-0.39, 0.29) is 6.61 Å². The van der Waals surface area contributed by atoms with Crippen molar-refractivity contribution in [3.63, 3.8) is 0 Å². The molecule has 0 aliphatic carbocycles. The summed E-state index contributed by atoms with van der Waals surface area (Å²) in [6.45, 7) is 3.54. The molecule has 1 fully saturated rings. The first-order valence-electron chi connectivity index (χ1n) is 8.00. The lowest BCUT2D eigenvalue weighted by Gasteiger charge is -2.42. The topological polar surface area (TPSA) is 120 Å². The van der Waals surface area contributed by atoms with Gasteiger partial charge < -0.3 is 30.1 Å². The van der Waals surface area contributed by atoms with Crippen LogP contribution in [0, 0.1) is 0 Å². The van der Waals surface area contributed by atoms with Crippen LogP contribution in [0.3, 0.4) is 0 Å². The molecule has 1 heterocycles. The molecule has 1 aliphatic heterocycles. The van der Waals surface area contributed by atoms with E-state index >= 15 is 0 Å².